The highest BCUT2D eigenvalue weighted by Crippen LogP contribution is 2.27. The first-order chi connectivity index (χ1) is 13.2. The van der Waals surface area contributed by atoms with E-state index >= 15 is 0 Å². The molecule has 0 aliphatic rings. The number of hydrogen-bond acceptors (Lipinski definition) is 7. The summed E-state index contributed by atoms with van der Waals surface area (Å²) in [6, 6.07) is 15.4. The van der Waals surface area contributed by atoms with Crippen molar-refractivity contribution in [3.05, 3.63) is 59.6 Å². The zero-order chi connectivity index (χ0) is 18.6. The van der Waals surface area contributed by atoms with Crippen molar-refractivity contribution >= 4 is 54.7 Å². The van der Waals surface area contributed by atoms with Crippen molar-refractivity contribution < 1.29 is 9.53 Å². The van der Waals surface area contributed by atoms with Crippen LogP contribution in [0, 0.1) is 0 Å². The van der Waals surface area contributed by atoms with Crippen molar-refractivity contribution in [3.8, 4) is 5.75 Å². The van der Waals surface area contributed by atoms with Gasteiger partial charge in [-0.3, -0.25) is 10.1 Å². The summed E-state index contributed by atoms with van der Waals surface area (Å²) in [6.45, 7) is 2.58. The van der Waals surface area contributed by atoms with Crippen molar-refractivity contribution in [1.82, 2.24) is 9.97 Å². The minimum Gasteiger partial charge on any atom is -0.494 e. The molecule has 0 radical (unpaired) electrons. The Morgan fingerprint density at radius 3 is 2.67 bits per heavy atom. The van der Waals surface area contributed by atoms with Crippen molar-refractivity contribution in [2.24, 2.45) is 0 Å². The molecule has 0 bridgehead atoms. The maximum Gasteiger partial charge on any atom is 0.276 e. The van der Waals surface area contributed by atoms with Crippen molar-refractivity contribution in [1.29, 1.82) is 0 Å². The monoisotopic (exact) mass is 396 g/mol. The number of nitrogens with one attached hydrogen (secondary N) is 2. The lowest BCUT2D eigenvalue weighted by atomic mass is 10.3. The summed E-state index contributed by atoms with van der Waals surface area (Å²) in [5.74, 6) is 0.545. The molecule has 0 saturated heterocycles. The summed E-state index contributed by atoms with van der Waals surface area (Å²) in [5.41, 5.74) is 2.10. The third-order valence-electron chi connectivity index (χ3n) is 3.67. The van der Waals surface area contributed by atoms with Crippen LogP contribution in [0.1, 0.15) is 17.4 Å². The van der Waals surface area contributed by atoms with E-state index in [1.807, 2.05) is 55.5 Å². The maximum atomic E-state index is 12.4. The van der Waals surface area contributed by atoms with Gasteiger partial charge in [0.25, 0.3) is 5.91 Å². The van der Waals surface area contributed by atoms with Gasteiger partial charge in [0.15, 0.2) is 10.3 Å². The van der Waals surface area contributed by atoms with Gasteiger partial charge in [-0.1, -0.05) is 23.5 Å². The number of thiazole rings is 2. The van der Waals surface area contributed by atoms with Crippen molar-refractivity contribution in [3.63, 3.8) is 0 Å². The molecule has 2 aromatic heterocycles. The molecule has 4 rings (SSSR count). The first kappa shape index (κ1) is 17.4. The number of fused-ring (bicyclic) bond motifs is 1. The second-order valence-corrected chi connectivity index (χ2v) is 7.45. The highest BCUT2D eigenvalue weighted by Gasteiger charge is 2.13. The highest BCUT2D eigenvalue weighted by atomic mass is 32.1. The van der Waals surface area contributed by atoms with Crippen LogP contribution in [0.4, 0.5) is 16.0 Å². The normalized spacial score (nSPS) is 10.7. The van der Waals surface area contributed by atoms with Crippen LogP contribution in [-0.4, -0.2) is 22.5 Å². The maximum absolute atomic E-state index is 12.4. The molecular weight excluding hydrogens is 380 g/mol. The molecule has 8 heteroatoms. The van der Waals surface area contributed by atoms with Crippen LogP contribution >= 0.6 is 22.7 Å². The van der Waals surface area contributed by atoms with E-state index in [-0.39, 0.29) is 5.91 Å². The number of amides is 1. The van der Waals surface area contributed by atoms with Gasteiger partial charge in [-0.2, -0.15) is 0 Å². The molecule has 0 unspecified atom stereocenters. The molecule has 0 fully saturated rings. The average Bonchev–Trinajstić information content (AvgIpc) is 3.30. The lowest BCUT2D eigenvalue weighted by Gasteiger charge is -2.05. The van der Waals surface area contributed by atoms with E-state index in [0.717, 1.165) is 21.7 Å². The molecule has 0 saturated carbocycles. The Bertz CT molecular complexity index is 1040. The summed E-state index contributed by atoms with van der Waals surface area (Å²) in [6.07, 6.45) is 0. The minimum absolute atomic E-state index is 0.273. The highest BCUT2D eigenvalue weighted by molar-refractivity contribution is 7.22. The van der Waals surface area contributed by atoms with Gasteiger partial charge in [0.2, 0.25) is 0 Å². The fraction of sp³-hybridized carbons (Fsp3) is 0.105. The van der Waals surface area contributed by atoms with E-state index in [9.17, 15) is 4.79 Å². The predicted octanol–water partition coefficient (Wildman–Crippen LogP) is 5.15. The van der Waals surface area contributed by atoms with Crippen LogP contribution in [0.2, 0.25) is 0 Å². The van der Waals surface area contributed by atoms with Crippen LogP contribution in [0.5, 0.6) is 5.75 Å². The number of hydrogen-bond donors (Lipinski definition) is 2. The average molecular weight is 396 g/mol. The van der Waals surface area contributed by atoms with Crippen molar-refractivity contribution in [2.45, 2.75) is 6.92 Å². The molecule has 2 N–H and O–H groups in total. The van der Waals surface area contributed by atoms with Gasteiger partial charge in [-0.25, -0.2) is 9.97 Å². The number of carbonyl (C=O) groups is 1. The summed E-state index contributed by atoms with van der Waals surface area (Å²) >= 11 is 2.81. The fourth-order valence-electron chi connectivity index (χ4n) is 2.45. The Kier molecular flexibility index (Phi) is 4.99. The van der Waals surface area contributed by atoms with Gasteiger partial charge in [0.1, 0.15) is 11.4 Å². The van der Waals surface area contributed by atoms with E-state index in [0.29, 0.717) is 22.6 Å². The zero-order valence-electron chi connectivity index (χ0n) is 14.4. The first-order valence-corrected chi connectivity index (χ1v) is 10.0. The summed E-state index contributed by atoms with van der Waals surface area (Å²) in [7, 11) is 0. The summed E-state index contributed by atoms with van der Waals surface area (Å²) in [4.78, 5) is 21.2. The molecule has 2 aromatic carbocycles. The molecule has 0 atom stereocenters. The molecule has 27 heavy (non-hydrogen) atoms. The Morgan fingerprint density at radius 1 is 1.07 bits per heavy atom. The fourth-order valence-corrected chi connectivity index (χ4v) is 4.02. The number of ether oxygens (including phenoxy) is 1. The Morgan fingerprint density at radius 2 is 1.89 bits per heavy atom. The van der Waals surface area contributed by atoms with Crippen LogP contribution in [0.3, 0.4) is 0 Å². The molecule has 136 valence electrons. The lowest BCUT2D eigenvalue weighted by molar-refractivity contribution is 0.102. The predicted molar refractivity (Wildman–Crippen MR) is 111 cm³/mol. The van der Waals surface area contributed by atoms with E-state index in [1.165, 1.54) is 22.7 Å². The lowest BCUT2D eigenvalue weighted by Crippen LogP contribution is -2.12. The molecule has 6 nitrogen and oxygen atoms in total. The van der Waals surface area contributed by atoms with Crippen LogP contribution < -0.4 is 15.4 Å². The third-order valence-corrected chi connectivity index (χ3v) is 5.38. The SMILES string of the molecule is CCOc1ccc(Nc2nc(C(=O)Nc3nc4ccccc4s3)cs2)cc1. The van der Waals surface area contributed by atoms with Gasteiger partial charge < -0.3 is 10.1 Å². The number of aromatic nitrogens is 2. The minimum atomic E-state index is -0.273. The molecule has 4 aromatic rings. The summed E-state index contributed by atoms with van der Waals surface area (Å²) < 4.78 is 6.46. The zero-order valence-corrected chi connectivity index (χ0v) is 16.1. The van der Waals surface area contributed by atoms with Crippen LogP contribution in [0.15, 0.2) is 53.9 Å². The number of rotatable bonds is 6. The number of para-hydroxylation sites is 1. The Hall–Kier alpha value is -2.97. The van der Waals surface area contributed by atoms with E-state index < -0.39 is 0 Å². The van der Waals surface area contributed by atoms with E-state index in [4.69, 9.17) is 4.74 Å². The van der Waals surface area contributed by atoms with Crippen LogP contribution in [0.25, 0.3) is 10.2 Å². The molecule has 2 heterocycles. The number of benzene rings is 2. The third kappa shape index (κ3) is 4.07. The number of carbonyl (C=O) groups excluding carboxylic acids is 1. The number of nitrogens with zero attached hydrogens (tertiary/aromatic N) is 2. The smallest absolute Gasteiger partial charge is 0.276 e. The number of anilines is 3. The summed E-state index contributed by atoms with van der Waals surface area (Å²) in [5, 5.41) is 8.94. The Labute approximate surface area is 163 Å². The second-order valence-electron chi connectivity index (χ2n) is 5.56. The van der Waals surface area contributed by atoms with E-state index in [2.05, 4.69) is 20.6 Å². The molecule has 0 aliphatic heterocycles. The topological polar surface area (TPSA) is 76.1 Å². The van der Waals surface area contributed by atoms with E-state index in [1.54, 1.807) is 5.38 Å². The largest absolute Gasteiger partial charge is 0.494 e. The first-order valence-electron chi connectivity index (χ1n) is 8.33. The van der Waals surface area contributed by atoms with Gasteiger partial charge in [-0.15, -0.1) is 11.3 Å². The molecular formula is C19H16N4O2S2. The second kappa shape index (κ2) is 7.73. The van der Waals surface area contributed by atoms with Gasteiger partial charge >= 0.3 is 0 Å². The molecule has 0 spiro atoms. The quantitative estimate of drug-likeness (QED) is 0.471. The van der Waals surface area contributed by atoms with Crippen molar-refractivity contribution in [2.75, 3.05) is 17.2 Å². The van der Waals surface area contributed by atoms with Gasteiger partial charge in [0.05, 0.1) is 16.8 Å². The standard InChI is InChI=1S/C19H16N4O2S2/c1-2-25-13-9-7-12(8-10-13)20-18-22-15(11-26-18)17(24)23-19-21-14-5-3-4-6-16(14)27-19/h3-11H,2H2,1H3,(H,20,22)(H,21,23,24). The van der Waals surface area contributed by atoms with Gasteiger partial charge in [-0.05, 0) is 43.3 Å². The molecule has 1 amide bonds. The van der Waals surface area contributed by atoms with Gasteiger partial charge in [0, 0.05) is 11.1 Å². The van der Waals surface area contributed by atoms with Crippen LogP contribution in [-0.2, 0) is 0 Å². The molecule has 0 aliphatic carbocycles. The Balaban J connectivity index is 1.42.